The van der Waals surface area contributed by atoms with Crippen LogP contribution in [0, 0.1) is 0 Å². The molecule has 3 heterocycles. The predicted molar refractivity (Wildman–Crippen MR) is 151 cm³/mol. The molecule has 0 radical (unpaired) electrons. The Morgan fingerprint density at radius 3 is 2.06 bits per heavy atom. The summed E-state index contributed by atoms with van der Waals surface area (Å²) in [4.78, 5) is 30.4. The topological polar surface area (TPSA) is 53.0 Å². The monoisotopic (exact) mass is 525 g/mol. The van der Waals surface area contributed by atoms with Gasteiger partial charge in [-0.3, -0.25) is 14.5 Å². The van der Waals surface area contributed by atoms with E-state index in [1.807, 2.05) is 109 Å². The smallest absolute Gasteiger partial charge is 0.268 e. The highest BCUT2D eigenvalue weighted by atomic mass is 32.2. The normalized spacial score (nSPS) is 20.4. The van der Waals surface area contributed by atoms with Crippen LogP contribution in [0.3, 0.4) is 0 Å². The quantitative estimate of drug-likeness (QED) is 0.209. The average molecular weight is 526 g/mol. The summed E-state index contributed by atoms with van der Waals surface area (Å²) in [5, 5.41) is 8.86. The molecule has 0 bridgehead atoms. The number of carbonyl (C=O) groups excluding carboxylic acids is 2. The number of hydrogen-bond acceptors (Lipinski definition) is 7. The molecule has 1 fully saturated rings. The van der Waals surface area contributed by atoms with Crippen molar-refractivity contribution in [1.82, 2.24) is 0 Å². The minimum absolute atomic E-state index is 0.136. The van der Waals surface area contributed by atoms with Gasteiger partial charge in [0.15, 0.2) is 5.04 Å². The van der Waals surface area contributed by atoms with E-state index in [-0.39, 0.29) is 11.7 Å². The number of ketones is 1. The van der Waals surface area contributed by atoms with Crippen LogP contribution in [0.2, 0.25) is 0 Å². The Morgan fingerprint density at radius 2 is 1.42 bits per heavy atom. The van der Waals surface area contributed by atoms with Crippen LogP contribution in [0.4, 0.5) is 11.4 Å². The maximum absolute atomic E-state index is 14.0. The van der Waals surface area contributed by atoms with E-state index in [1.54, 1.807) is 16.0 Å². The van der Waals surface area contributed by atoms with Gasteiger partial charge in [0.2, 0.25) is 10.1 Å². The fourth-order valence-corrected chi connectivity index (χ4v) is 7.73. The van der Waals surface area contributed by atoms with Gasteiger partial charge in [-0.25, -0.2) is 5.01 Å². The maximum Gasteiger partial charge on any atom is 0.268 e. The Kier molecular flexibility index (Phi) is 6.00. The van der Waals surface area contributed by atoms with Crippen LogP contribution in [-0.2, 0) is 4.79 Å². The predicted octanol–water partition coefficient (Wildman–Crippen LogP) is 6.93. The van der Waals surface area contributed by atoms with Crippen molar-refractivity contribution in [3.05, 3.63) is 124 Å². The molecule has 1 amide bonds. The number of nitrogens with zero attached hydrogens (tertiary/aromatic N) is 3. The van der Waals surface area contributed by atoms with E-state index in [0.717, 1.165) is 16.9 Å². The van der Waals surface area contributed by atoms with E-state index < -0.39 is 4.33 Å². The molecule has 3 aromatic carbocycles. The third-order valence-electron chi connectivity index (χ3n) is 5.68. The Hall–Kier alpha value is -3.59. The van der Waals surface area contributed by atoms with Crippen molar-refractivity contribution in [1.29, 1.82) is 0 Å². The van der Waals surface area contributed by atoms with Gasteiger partial charge < -0.3 is 0 Å². The van der Waals surface area contributed by atoms with Crippen LogP contribution in [0.5, 0.6) is 0 Å². The molecule has 2 aliphatic heterocycles. The lowest BCUT2D eigenvalue weighted by Gasteiger charge is -2.38. The van der Waals surface area contributed by atoms with Gasteiger partial charge in [0, 0.05) is 5.69 Å². The standard InChI is InChI=1S/C28H19N3O2S3/c32-25(23-17-10-18-34-23)26-29-31(22-15-8-3-9-16-22)28(36-26)30(21-13-6-2-7-14-21)27(33)24(35-28)19-20-11-4-1-5-12-20/h1-19H/b24-19-. The fraction of sp³-hybridized carbons (Fsp3) is 0.0357. The van der Waals surface area contributed by atoms with Gasteiger partial charge in [-0.1, -0.05) is 84.6 Å². The molecule has 1 spiro atoms. The van der Waals surface area contributed by atoms with Crippen molar-refractivity contribution in [3.8, 4) is 0 Å². The molecule has 4 aromatic rings. The number of para-hydroxylation sites is 2. The molecule has 0 aliphatic carbocycles. The van der Waals surface area contributed by atoms with Crippen LogP contribution in [0.15, 0.2) is 119 Å². The number of anilines is 2. The summed E-state index contributed by atoms with van der Waals surface area (Å²) in [6.45, 7) is 0. The first-order valence-electron chi connectivity index (χ1n) is 11.2. The van der Waals surface area contributed by atoms with Crippen LogP contribution in [-0.4, -0.2) is 21.1 Å². The van der Waals surface area contributed by atoms with Crippen molar-refractivity contribution < 1.29 is 9.59 Å². The average Bonchev–Trinajstić information content (AvgIpc) is 3.65. The third kappa shape index (κ3) is 3.97. The molecule has 1 aromatic heterocycles. The third-order valence-corrected chi connectivity index (χ3v) is 9.26. The highest BCUT2D eigenvalue weighted by Gasteiger charge is 2.60. The van der Waals surface area contributed by atoms with Crippen LogP contribution in [0.1, 0.15) is 15.2 Å². The first-order chi connectivity index (χ1) is 17.7. The lowest BCUT2D eigenvalue weighted by molar-refractivity contribution is -0.114. The highest BCUT2D eigenvalue weighted by Crippen LogP contribution is 2.59. The summed E-state index contributed by atoms with van der Waals surface area (Å²) in [5.41, 5.74) is 2.46. The molecule has 0 saturated carbocycles. The zero-order valence-corrected chi connectivity index (χ0v) is 21.3. The summed E-state index contributed by atoms with van der Waals surface area (Å²) in [7, 11) is 0. The Labute approximate surface area is 221 Å². The Morgan fingerprint density at radius 1 is 0.778 bits per heavy atom. The molecule has 2 aliphatic rings. The molecule has 8 heteroatoms. The number of thioether (sulfide) groups is 2. The van der Waals surface area contributed by atoms with E-state index in [9.17, 15) is 9.59 Å². The first kappa shape index (κ1) is 22.8. The molecular weight excluding hydrogens is 507 g/mol. The number of amides is 1. The van der Waals surface area contributed by atoms with Gasteiger partial charge in [0.1, 0.15) is 0 Å². The number of hydrazone groups is 1. The van der Waals surface area contributed by atoms with E-state index in [2.05, 4.69) is 0 Å². The lowest BCUT2D eigenvalue weighted by Crippen LogP contribution is -2.51. The van der Waals surface area contributed by atoms with E-state index >= 15 is 0 Å². The summed E-state index contributed by atoms with van der Waals surface area (Å²) in [6.07, 6.45) is 1.90. The minimum atomic E-state index is -1.04. The maximum atomic E-state index is 14.0. The largest absolute Gasteiger partial charge is 0.285 e. The number of thiophene rings is 1. The van der Waals surface area contributed by atoms with Gasteiger partial charge in [0.25, 0.3) is 5.91 Å². The molecule has 36 heavy (non-hydrogen) atoms. The van der Waals surface area contributed by atoms with Crippen molar-refractivity contribution in [2.75, 3.05) is 9.91 Å². The SMILES string of the molecule is O=C(C1=NN(c2ccccc2)C2(S1)S/C(=C\c1ccccc1)C(=O)N2c1ccccc1)c1cccs1. The van der Waals surface area contributed by atoms with Crippen molar-refractivity contribution in [2.24, 2.45) is 5.10 Å². The van der Waals surface area contributed by atoms with Crippen LogP contribution in [0.25, 0.3) is 6.08 Å². The molecule has 1 saturated heterocycles. The zero-order chi connectivity index (χ0) is 24.5. The van der Waals surface area contributed by atoms with Crippen molar-refractivity contribution in [2.45, 2.75) is 4.33 Å². The summed E-state index contributed by atoms with van der Waals surface area (Å²) in [6, 6.07) is 32.7. The number of benzene rings is 3. The minimum Gasteiger partial charge on any atom is -0.285 e. The highest BCUT2D eigenvalue weighted by molar-refractivity contribution is 8.29. The van der Waals surface area contributed by atoms with Gasteiger partial charge in [-0.15, -0.1) is 11.3 Å². The van der Waals surface area contributed by atoms with E-state index in [4.69, 9.17) is 5.10 Å². The second kappa shape index (κ2) is 9.46. The van der Waals surface area contributed by atoms with E-state index in [0.29, 0.717) is 14.8 Å². The molecular formula is C28H19N3O2S3. The molecule has 6 rings (SSSR count). The Bertz CT molecular complexity index is 1470. The van der Waals surface area contributed by atoms with E-state index in [1.165, 1.54) is 34.9 Å². The van der Waals surface area contributed by atoms with Crippen molar-refractivity contribution in [3.63, 3.8) is 0 Å². The number of rotatable bonds is 5. The summed E-state index contributed by atoms with van der Waals surface area (Å²) >= 11 is 4.11. The van der Waals surface area contributed by atoms with Gasteiger partial charge >= 0.3 is 0 Å². The molecule has 1 atom stereocenters. The number of hydrogen-bond donors (Lipinski definition) is 0. The molecule has 5 nitrogen and oxygen atoms in total. The van der Waals surface area contributed by atoms with Gasteiger partial charge in [-0.2, -0.15) is 5.10 Å². The number of Topliss-reactive ketones (excluding diaryl/α,β-unsaturated/α-hetero) is 1. The molecule has 176 valence electrons. The molecule has 1 unspecified atom stereocenters. The van der Waals surface area contributed by atoms with Crippen molar-refractivity contribution >= 4 is 69.0 Å². The van der Waals surface area contributed by atoms with Gasteiger partial charge in [-0.05, 0) is 59.1 Å². The van der Waals surface area contributed by atoms with Crippen LogP contribution >= 0.6 is 34.9 Å². The fourth-order valence-electron chi connectivity index (χ4n) is 4.06. The van der Waals surface area contributed by atoms with Gasteiger partial charge in [0.05, 0.1) is 15.5 Å². The van der Waals surface area contributed by atoms with Crippen LogP contribution < -0.4 is 9.91 Å². The zero-order valence-electron chi connectivity index (χ0n) is 18.9. The first-order valence-corrected chi connectivity index (χ1v) is 13.7. The summed E-state index contributed by atoms with van der Waals surface area (Å²) in [5.74, 6) is -0.280. The second-order valence-corrected chi connectivity index (χ2v) is 11.6. The lowest BCUT2D eigenvalue weighted by atomic mass is 10.2. The molecule has 0 N–H and O–H groups in total. The second-order valence-electron chi connectivity index (χ2n) is 8.01. The summed E-state index contributed by atoms with van der Waals surface area (Å²) < 4.78 is -1.04. The Balaban J connectivity index is 1.52. The number of carbonyl (C=O) groups is 2.